The standard InChI is InChI=1S/C22H15ClF4N2O4/c1-3-7-13-18(29-17(30)11-16(22(25,26)27)28(2)21(29)32)15(24)10-14(23)19(13)33-20(31)12-8-5-4-6-9-12/h3-6,8-11H,1,7H2,2H3. The number of allylic oxidation sites excluding steroid dienone is 1. The molecule has 33 heavy (non-hydrogen) atoms. The van der Waals surface area contributed by atoms with Gasteiger partial charge in [-0.3, -0.25) is 9.36 Å². The van der Waals surface area contributed by atoms with E-state index in [4.69, 9.17) is 16.3 Å². The number of ether oxygens (including phenoxy) is 1. The van der Waals surface area contributed by atoms with Crippen molar-refractivity contribution >= 4 is 17.6 Å². The summed E-state index contributed by atoms with van der Waals surface area (Å²) >= 11 is 6.09. The molecule has 6 nitrogen and oxygen atoms in total. The van der Waals surface area contributed by atoms with Gasteiger partial charge in [0.25, 0.3) is 5.56 Å². The number of halogens is 5. The summed E-state index contributed by atoms with van der Waals surface area (Å²) in [5, 5.41) is -0.353. The van der Waals surface area contributed by atoms with Gasteiger partial charge in [-0.1, -0.05) is 35.9 Å². The smallest absolute Gasteiger partial charge is 0.421 e. The number of esters is 1. The average molecular weight is 483 g/mol. The Balaban J connectivity index is 2.30. The Hall–Kier alpha value is -3.66. The number of nitrogens with zero attached hydrogens (tertiary/aromatic N) is 2. The zero-order chi connectivity index (χ0) is 24.5. The fourth-order valence-corrected chi connectivity index (χ4v) is 3.40. The van der Waals surface area contributed by atoms with Gasteiger partial charge < -0.3 is 4.74 Å². The van der Waals surface area contributed by atoms with E-state index in [0.29, 0.717) is 6.07 Å². The van der Waals surface area contributed by atoms with Crippen LogP contribution >= 0.6 is 11.6 Å². The van der Waals surface area contributed by atoms with Crippen molar-refractivity contribution in [2.45, 2.75) is 12.6 Å². The maximum absolute atomic E-state index is 15.0. The molecule has 0 unspecified atom stereocenters. The summed E-state index contributed by atoms with van der Waals surface area (Å²) in [6.07, 6.45) is -3.97. The Bertz CT molecular complexity index is 1360. The minimum Gasteiger partial charge on any atom is -0.421 e. The predicted molar refractivity (Wildman–Crippen MR) is 113 cm³/mol. The first-order valence-corrected chi connectivity index (χ1v) is 9.64. The minimum atomic E-state index is -5.00. The number of alkyl halides is 3. The van der Waals surface area contributed by atoms with Gasteiger partial charge in [0.2, 0.25) is 0 Å². The summed E-state index contributed by atoms with van der Waals surface area (Å²) in [6.45, 7) is 3.51. The Kier molecular flexibility index (Phi) is 6.59. The molecular weight excluding hydrogens is 468 g/mol. The van der Waals surface area contributed by atoms with Crippen molar-refractivity contribution in [3.05, 3.63) is 104 Å². The molecule has 1 aromatic heterocycles. The van der Waals surface area contributed by atoms with Crippen LogP contribution in [0.3, 0.4) is 0 Å². The largest absolute Gasteiger partial charge is 0.431 e. The normalized spacial score (nSPS) is 11.3. The molecule has 1 heterocycles. The van der Waals surface area contributed by atoms with E-state index in [2.05, 4.69) is 6.58 Å². The second kappa shape index (κ2) is 9.07. The lowest BCUT2D eigenvalue weighted by atomic mass is 10.1. The van der Waals surface area contributed by atoms with E-state index in [-0.39, 0.29) is 43.5 Å². The van der Waals surface area contributed by atoms with Crippen LogP contribution in [-0.4, -0.2) is 15.1 Å². The molecule has 0 aliphatic carbocycles. The van der Waals surface area contributed by atoms with Gasteiger partial charge in [-0.15, -0.1) is 6.58 Å². The van der Waals surface area contributed by atoms with Crippen molar-refractivity contribution in [2.75, 3.05) is 0 Å². The van der Waals surface area contributed by atoms with Gasteiger partial charge in [0.1, 0.15) is 11.5 Å². The lowest BCUT2D eigenvalue weighted by Crippen LogP contribution is -2.41. The number of carbonyl (C=O) groups is 1. The van der Waals surface area contributed by atoms with Crippen LogP contribution in [0.2, 0.25) is 5.02 Å². The Morgan fingerprint density at radius 2 is 1.82 bits per heavy atom. The highest BCUT2D eigenvalue weighted by Crippen LogP contribution is 2.36. The van der Waals surface area contributed by atoms with Crippen molar-refractivity contribution in [3.63, 3.8) is 0 Å². The third-order valence-electron chi connectivity index (χ3n) is 4.64. The van der Waals surface area contributed by atoms with Crippen LogP contribution in [0.15, 0.2) is 64.7 Å². The van der Waals surface area contributed by atoms with E-state index in [0.717, 1.165) is 7.05 Å². The monoisotopic (exact) mass is 482 g/mol. The first-order chi connectivity index (χ1) is 15.5. The maximum atomic E-state index is 15.0. The van der Waals surface area contributed by atoms with Crippen LogP contribution in [0.4, 0.5) is 17.6 Å². The number of rotatable bonds is 5. The van der Waals surface area contributed by atoms with E-state index in [9.17, 15) is 31.9 Å². The third kappa shape index (κ3) is 4.61. The van der Waals surface area contributed by atoms with Crippen molar-refractivity contribution in [1.29, 1.82) is 0 Å². The first-order valence-electron chi connectivity index (χ1n) is 9.27. The number of carbonyl (C=O) groups excluding carboxylic acids is 1. The molecule has 0 N–H and O–H groups in total. The van der Waals surface area contributed by atoms with E-state index in [1.54, 1.807) is 18.2 Å². The van der Waals surface area contributed by atoms with E-state index in [1.807, 2.05) is 0 Å². The number of aromatic nitrogens is 2. The lowest BCUT2D eigenvalue weighted by molar-refractivity contribution is -0.144. The van der Waals surface area contributed by atoms with Gasteiger partial charge in [-0.25, -0.2) is 18.5 Å². The molecule has 0 bridgehead atoms. The molecule has 0 saturated heterocycles. The van der Waals surface area contributed by atoms with E-state index >= 15 is 0 Å². The van der Waals surface area contributed by atoms with Gasteiger partial charge in [0.05, 0.1) is 16.3 Å². The lowest BCUT2D eigenvalue weighted by Gasteiger charge is -2.19. The fraction of sp³-hybridized carbons (Fsp3) is 0.136. The van der Waals surface area contributed by atoms with Crippen molar-refractivity contribution in [1.82, 2.24) is 9.13 Å². The summed E-state index contributed by atoms with van der Waals surface area (Å²) in [5.74, 6) is -2.42. The van der Waals surface area contributed by atoms with Crippen LogP contribution in [0.25, 0.3) is 5.69 Å². The van der Waals surface area contributed by atoms with Crippen LogP contribution in [0, 0.1) is 5.82 Å². The number of benzene rings is 2. The molecule has 3 aromatic rings. The van der Waals surface area contributed by atoms with Crippen LogP contribution < -0.4 is 16.0 Å². The zero-order valence-electron chi connectivity index (χ0n) is 17.0. The van der Waals surface area contributed by atoms with Crippen LogP contribution in [-0.2, 0) is 19.6 Å². The van der Waals surface area contributed by atoms with Gasteiger partial charge in [0, 0.05) is 18.7 Å². The summed E-state index contributed by atoms with van der Waals surface area (Å²) in [6, 6.07) is 8.57. The molecule has 0 aliphatic rings. The molecule has 2 aromatic carbocycles. The summed E-state index contributed by atoms with van der Waals surface area (Å²) in [4.78, 5) is 37.8. The highest BCUT2D eigenvalue weighted by Gasteiger charge is 2.35. The van der Waals surface area contributed by atoms with Crippen LogP contribution in [0.1, 0.15) is 21.6 Å². The van der Waals surface area contributed by atoms with Gasteiger partial charge in [-0.2, -0.15) is 13.2 Å². The maximum Gasteiger partial charge on any atom is 0.431 e. The number of hydrogen-bond acceptors (Lipinski definition) is 4. The zero-order valence-corrected chi connectivity index (χ0v) is 17.7. The fourth-order valence-electron chi connectivity index (χ4n) is 3.16. The van der Waals surface area contributed by atoms with E-state index in [1.165, 1.54) is 18.2 Å². The molecule has 0 spiro atoms. The van der Waals surface area contributed by atoms with Crippen molar-refractivity contribution in [2.24, 2.45) is 7.05 Å². The first kappa shape index (κ1) is 24.0. The third-order valence-corrected chi connectivity index (χ3v) is 4.92. The molecular formula is C22H15ClF4N2O4. The molecule has 11 heteroatoms. The topological polar surface area (TPSA) is 70.3 Å². The Labute approximate surface area is 188 Å². The summed E-state index contributed by atoms with van der Waals surface area (Å²) in [5.41, 5.74) is -5.19. The molecule has 3 rings (SSSR count). The van der Waals surface area contributed by atoms with Crippen molar-refractivity contribution in [3.8, 4) is 11.4 Å². The van der Waals surface area contributed by atoms with Gasteiger partial charge in [-0.05, 0) is 24.6 Å². The second-order valence-electron chi connectivity index (χ2n) is 6.79. The molecule has 0 fully saturated rings. The SMILES string of the molecule is C=CCc1c(OC(=O)c2ccccc2)c(Cl)cc(F)c1-n1c(=O)cc(C(F)(F)F)n(C)c1=O. The minimum absolute atomic E-state index is 0.131. The molecule has 0 amide bonds. The predicted octanol–water partition coefficient (Wildman–Crippen LogP) is 4.30. The highest BCUT2D eigenvalue weighted by molar-refractivity contribution is 6.32. The van der Waals surface area contributed by atoms with Crippen molar-refractivity contribution < 1.29 is 27.1 Å². The Morgan fingerprint density at radius 3 is 2.39 bits per heavy atom. The summed E-state index contributed by atoms with van der Waals surface area (Å²) in [7, 11) is 0.790. The highest BCUT2D eigenvalue weighted by atomic mass is 35.5. The molecule has 0 atom stereocenters. The van der Waals surface area contributed by atoms with Gasteiger partial charge >= 0.3 is 17.8 Å². The number of hydrogen-bond donors (Lipinski definition) is 0. The average Bonchev–Trinajstić information content (AvgIpc) is 2.75. The quantitative estimate of drug-likeness (QED) is 0.235. The molecule has 0 aliphatic heterocycles. The van der Waals surface area contributed by atoms with Gasteiger partial charge in [0.15, 0.2) is 5.75 Å². The van der Waals surface area contributed by atoms with Crippen LogP contribution in [0.5, 0.6) is 5.75 Å². The molecule has 172 valence electrons. The van der Waals surface area contributed by atoms with E-state index < -0.39 is 40.6 Å². The molecule has 0 radical (unpaired) electrons. The second-order valence-corrected chi connectivity index (χ2v) is 7.19. The summed E-state index contributed by atoms with van der Waals surface area (Å²) < 4.78 is 60.2. The Morgan fingerprint density at radius 1 is 1.18 bits per heavy atom. The molecule has 0 saturated carbocycles.